The number of phenolic OH excluding ortho intramolecular Hbond substituents is 1. The third-order valence-corrected chi connectivity index (χ3v) is 4.43. The number of phenols is 1. The van der Waals surface area contributed by atoms with Crippen LogP contribution in [-0.2, 0) is 0 Å². The van der Waals surface area contributed by atoms with E-state index in [1.54, 1.807) is 12.1 Å². The van der Waals surface area contributed by atoms with Gasteiger partial charge in [0.15, 0.2) is 0 Å². The molecule has 4 heteroatoms. The van der Waals surface area contributed by atoms with Crippen molar-refractivity contribution in [1.29, 1.82) is 0 Å². The second kappa shape index (κ2) is 7.04. The van der Waals surface area contributed by atoms with Crippen LogP contribution in [0.1, 0.15) is 37.8 Å². The molecule has 2 N–H and O–H groups in total. The van der Waals surface area contributed by atoms with E-state index < -0.39 is 0 Å². The molecule has 0 spiro atoms. The molecule has 1 unspecified atom stereocenters. The zero-order chi connectivity index (χ0) is 14.5. The van der Waals surface area contributed by atoms with Crippen molar-refractivity contribution in [2.45, 2.75) is 32.2 Å². The van der Waals surface area contributed by atoms with Crippen LogP contribution < -0.4 is 5.32 Å². The first kappa shape index (κ1) is 15.3. The van der Waals surface area contributed by atoms with Gasteiger partial charge in [-0.25, -0.2) is 4.39 Å². The molecule has 3 nitrogen and oxygen atoms in total. The maximum absolute atomic E-state index is 13.9. The van der Waals surface area contributed by atoms with Gasteiger partial charge in [-0.3, -0.25) is 4.90 Å². The minimum Gasteiger partial charge on any atom is -0.508 e. The maximum Gasteiger partial charge on any atom is 0.131 e. The Bertz CT molecular complexity index is 430. The lowest BCUT2D eigenvalue weighted by Gasteiger charge is -2.36. The first-order valence-electron chi connectivity index (χ1n) is 7.49. The van der Waals surface area contributed by atoms with Gasteiger partial charge in [0.1, 0.15) is 11.6 Å². The predicted molar refractivity (Wildman–Crippen MR) is 79.3 cm³/mol. The van der Waals surface area contributed by atoms with Crippen LogP contribution in [0.15, 0.2) is 18.2 Å². The van der Waals surface area contributed by atoms with Gasteiger partial charge < -0.3 is 10.4 Å². The molecular weight excluding hydrogens is 255 g/mol. The molecule has 112 valence electrons. The standard InChI is InChI=1S/C16H25FN2O/c1-12(15-4-3-14(20)11-16(15)17)19-9-6-13(7-10-19)5-8-18-2/h3-4,11-13,18,20H,5-10H2,1-2H3. The van der Waals surface area contributed by atoms with Crippen molar-refractivity contribution in [3.05, 3.63) is 29.6 Å². The zero-order valence-electron chi connectivity index (χ0n) is 12.4. The lowest BCUT2D eigenvalue weighted by molar-refractivity contribution is 0.135. The van der Waals surface area contributed by atoms with Crippen molar-refractivity contribution < 1.29 is 9.50 Å². The quantitative estimate of drug-likeness (QED) is 0.870. The average Bonchev–Trinajstić information content (AvgIpc) is 2.45. The first-order chi connectivity index (χ1) is 9.61. The van der Waals surface area contributed by atoms with Gasteiger partial charge in [-0.2, -0.15) is 0 Å². The summed E-state index contributed by atoms with van der Waals surface area (Å²) in [6.45, 7) is 5.17. The van der Waals surface area contributed by atoms with Crippen molar-refractivity contribution >= 4 is 0 Å². The van der Waals surface area contributed by atoms with Crippen molar-refractivity contribution in [1.82, 2.24) is 10.2 Å². The average molecular weight is 280 g/mol. The van der Waals surface area contributed by atoms with E-state index in [4.69, 9.17) is 0 Å². The van der Waals surface area contributed by atoms with E-state index in [-0.39, 0.29) is 17.6 Å². The van der Waals surface area contributed by atoms with Crippen LogP contribution >= 0.6 is 0 Å². The molecule has 0 bridgehead atoms. The smallest absolute Gasteiger partial charge is 0.131 e. The Kier molecular flexibility index (Phi) is 5.38. The molecule has 2 rings (SSSR count). The van der Waals surface area contributed by atoms with Crippen molar-refractivity contribution in [3.8, 4) is 5.75 Å². The number of rotatable bonds is 5. The maximum atomic E-state index is 13.9. The fourth-order valence-corrected chi connectivity index (χ4v) is 3.03. The van der Waals surface area contributed by atoms with E-state index >= 15 is 0 Å². The molecule has 1 heterocycles. The van der Waals surface area contributed by atoms with Crippen LogP contribution in [0.5, 0.6) is 5.75 Å². The molecule has 1 aliphatic heterocycles. The Hall–Kier alpha value is -1.13. The van der Waals surface area contributed by atoms with Gasteiger partial charge in [-0.1, -0.05) is 6.07 Å². The highest BCUT2D eigenvalue weighted by Crippen LogP contribution is 2.30. The van der Waals surface area contributed by atoms with E-state index in [0.717, 1.165) is 25.6 Å². The molecule has 0 amide bonds. The molecule has 1 fully saturated rings. The molecule has 0 aliphatic carbocycles. The van der Waals surface area contributed by atoms with Crippen LogP contribution in [0.2, 0.25) is 0 Å². The monoisotopic (exact) mass is 280 g/mol. The fraction of sp³-hybridized carbons (Fsp3) is 0.625. The summed E-state index contributed by atoms with van der Waals surface area (Å²) in [5.41, 5.74) is 0.677. The van der Waals surface area contributed by atoms with Crippen molar-refractivity contribution in [3.63, 3.8) is 0 Å². The van der Waals surface area contributed by atoms with E-state index in [1.165, 1.54) is 25.3 Å². The molecule has 1 saturated heterocycles. The molecular formula is C16H25FN2O. The van der Waals surface area contributed by atoms with Crippen LogP contribution in [0.4, 0.5) is 4.39 Å². The molecule has 0 aromatic heterocycles. The topological polar surface area (TPSA) is 35.5 Å². The summed E-state index contributed by atoms with van der Waals surface area (Å²) in [4.78, 5) is 2.34. The van der Waals surface area contributed by atoms with Gasteiger partial charge >= 0.3 is 0 Å². The SMILES string of the molecule is CNCCC1CCN(C(C)c2ccc(O)cc2F)CC1. The lowest BCUT2D eigenvalue weighted by atomic mass is 9.92. The third kappa shape index (κ3) is 3.70. The molecule has 0 radical (unpaired) electrons. The van der Waals surface area contributed by atoms with Crippen molar-refractivity contribution in [2.75, 3.05) is 26.7 Å². The second-order valence-corrected chi connectivity index (χ2v) is 5.75. The minimum atomic E-state index is -0.310. The summed E-state index contributed by atoms with van der Waals surface area (Å²) in [6, 6.07) is 4.53. The van der Waals surface area contributed by atoms with Gasteiger partial charge in [-0.05, 0) is 64.9 Å². The van der Waals surface area contributed by atoms with Crippen LogP contribution in [-0.4, -0.2) is 36.7 Å². The summed E-state index contributed by atoms with van der Waals surface area (Å²) in [5, 5.41) is 12.5. The van der Waals surface area contributed by atoms with Crippen LogP contribution in [0, 0.1) is 11.7 Å². The first-order valence-corrected chi connectivity index (χ1v) is 7.49. The second-order valence-electron chi connectivity index (χ2n) is 5.75. The number of hydrogen-bond acceptors (Lipinski definition) is 3. The highest BCUT2D eigenvalue weighted by molar-refractivity contribution is 5.29. The Balaban J connectivity index is 1.92. The highest BCUT2D eigenvalue weighted by atomic mass is 19.1. The number of nitrogens with zero attached hydrogens (tertiary/aromatic N) is 1. The number of piperidine rings is 1. The minimum absolute atomic E-state index is 0.00998. The van der Waals surface area contributed by atoms with Gasteiger partial charge in [0, 0.05) is 17.7 Å². The molecule has 0 saturated carbocycles. The van der Waals surface area contributed by atoms with E-state index in [9.17, 15) is 9.50 Å². The number of halogens is 1. The van der Waals surface area contributed by atoms with E-state index in [1.807, 2.05) is 14.0 Å². The Labute approximate surface area is 120 Å². The third-order valence-electron chi connectivity index (χ3n) is 4.43. The fourth-order valence-electron chi connectivity index (χ4n) is 3.03. The predicted octanol–water partition coefficient (Wildman–Crippen LogP) is 2.91. The van der Waals surface area contributed by atoms with Gasteiger partial charge in [-0.15, -0.1) is 0 Å². The summed E-state index contributed by atoms with van der Waals surface area (Å²) in [7, 11) is 1.99. The molecule has 20 heavy (non-hydrogen) atoms. The van der Waals surface area contributed by atoms with Gasteiger partial charge in [0.25, 0.3) is 0 Å². The number of aromatic hydroxyl groups is 1. The Morgan fingerprint density at radius 3 is 2.70 bits per heavy atom. The summed E-state index contributed by atoms with van der Waals surface area (Å²) < 4.78 is 13.9. The number of benzene rings is 1. The van der Waals surface area contributed by atoms with E-state index in [0.29, 0.717) is 5.56 Å². The Morgan fingerprint density at radius 2 is 2.10 bits per heavy atom. The van der Waals surface area contributed by atoms with Crippen molar-refractivity contribution in [2.24, 2.45) is 5.92 Å². The number of likely N-dealkylation sites (tertiary alicyclic amines) is 1. The summed E-state index contributed by atoms with van der Waals surface area (Å²) in [6.07, 6.45) is 3.60. The molecule has 1 atom stereocenters. The van der Waals surface area contributed by atoms with Gasteiger partial charge in [0.2, 0.25) is 0 Å². The number of nitrogens with one attached hydrogen (secondary N) is 1. The lowest BCUT2D eigenvalue weighted by Crippen LogP contribution is -2.36. The summed E-state index contributed by atoms with van der Waals surface area (Å²) in [5.74, 6) is 0.467. The molecule has 1 aromatic carbocycles. The van der Waals surface area contributed by atoms with Crippen LogP contribution in [0.3, 0.4) is 0 Å². The summed E-state index contributed by atoms with van der Waals surface area (Å²) >= 11 is 0. The normalized spacial score (nSPS) is 19.1. The number of hydrogen-bond donors (Lipinski definition) is 2. The van der Waals surface area contributed by atoms with E-state index in [2.05, 4.69) is 10.2 Å². The zero-order valence-corrected chi connectivity index (χ0v) is 12.4. The highest BCUT2D eigenvalue weighted by Gasteiger charge is 2.24. The van der Waals surface area contributed by atoms with Crippen LogP contribution in [0.25, 0.3) is 0 Å². The van der Waals surface area contributed by atoms with Gasteiger partial charge in [0.05, 0.1) is 0 Å². The molecule has 1 aliphatic rings. The molecule has 1 aromatic rings. The largest absolute Gasteiger partial charge is 0.508 e. The Morgan fingerprint density at radius 1 is 1.40 bits per heavy atom.